The maximum absolute atomic E-state index is 12.0. The number of nitrogens with one attached hydrogen (secondary N) is 1. The van der Waals surface area contributed by atoms with Crippen LogP contribution in [-0.4, -0.2) is 62.8 Å². The molecule has 0 aromatic heterocycles. The van der Waals surface area contributed by atoms with E-state index in [1.807, 2.05) is 11.9 Å². The molecule has 120 valence electrons. The zero-order valence-electron chi connectivity index (χ0n) is 12.6. The summed E-state index contributed by atoms with van der Waals surface area (Å²) >= 11 is 0. The lowest BCUT2D eigenvalue weighted by atomic mass is 10.2. The highest BCUT2D eigenvalue weighted by molar-refractivity contribution is 5.95. The van der Waals surface area contributed by atoms with Gasteiger partial charge in [0.25, 0.3) is 0 Å². The molecule has 0 aliphatic carbocycles. The number of hydrogen-bond acceptors (Lipinski definition) is 5. The summed E-state index contributed by atoms with van der Waals surface area (Å²) in [6.07, 6.45) is 0.00130. The van der Waals surface area contributed by atoms with Crippen molar-refractivity contribution in [3.8, 4) is 0 Å². The quantitative estimate of drug-likeness (QED) is 0.776. The highest BCUT2D eigenvalue weighted by Crippen LogP contribution is 2.09. The van der Waals surface area contributed by atoms with Gasteiger partial charge < -0.3 is 20.5 Å². The number of carbonyl (C=O) groups excluding carboxylic acids is 2. The Balaban J connectivity index is 1.77. The molecule has 1 aliphatic rings. The van der Waals surface area contributed by atoms with Crippen molar-refractivity contribution in [3.05, 3.63) is 29.8 Å². The van der Waals surface area contributed by atoms with Crippen molar-refractivity contribution >= 4 is 17.5 Å². The number of hydrogen-bond donors (Lipinski definition) is 2. The molecule has 0 spiro atoms. The standard InChI is InChI=1S/C15H21N3O4/c1-18(8-13-10-21-6-7-22-13)9-14(19)17-12-4-2-11(3-5-12)15(16)20/h2-5,13H,6-10H2,1H3,(H2,16,20)(H,17,19). The zero-order chi connectivity index (χ0) is 15.9. The van der Waals surface area contributed by atoms with Crippen LogP contribution < -0.4 is 11.1 Å². The molecule has 7 heteroatoms. The van der Waals surface area contributed by atoms with Gasteiger partial charge in [-0.2, -0.15) is 0 Å². The summed E-state index contributed by atoms with van der Waals surface area (Å²) in [6.45, 7) is 2.66. The molecule has 22 heavy (non-hydrogen) atoms. The van der Waals surface area contributed by atoms with Crippen LogP contribution in [0.5, 0.6) is 0 Å². The van der Waals surface area contributed by atoms with E-state index in [0.29, 0.717) is 37.6 Å². The van der Waals surface area contributed by atoms with Gasteiger partial charge in [-0.1, -0.05) is 0 Å². The smallest absolute Gasteiger partial charge is 0.248 e. The van der Waals surface area contributed by atoms with Gasteiger partial charge in [-0.3, -0.25) is 14.5 Å². The van der Waals surface area contributed by atoms with Gasteiger partial charge in [0.15, 0.2) is 0 Å². The van der Waals surface area contributed by atoms with E-state index in [-0.39, 0.29) is 18.6 Å². The van der Waals surface area contributed by atoms with E-state index in [1.165, 1.54) is 0 Å². The number of likely N-dealkylation sites (N-methyl/N-ethyl adjacent to an activating group) is 1. The molecule has 7 nitrogen and oxygen atoms in total. The molecular weight excluding hydrogens is 286 g/mol. The van der Waals surface area contributed by atoms with Crippen LogP contribution in [0.4, 0.5) is 5.69 Å². The van der Waals surface area contributed by atoms with Gasteiger partial charge in [-0.25, -0.2) is 0 Å². The number of anilines is 1. The highest BCUT2D eigenvalue weighted by Gasteiger charge is 2.17. The summed E-state index contributed by atoms with van der Waals surface area (Å²) in [5.41, 5.74) is 6.20. The van der Waals surface area contributed by atoms with E-state index in [1.54, 1.807) is 24.3 Å². The van der Waals surface area contributed by atoms with E-state index in [9.17, 15) is 9.59 Å². The molecule has 1 aromatic carbocycles. The first-order valence-electron chi connectivity index (χ1n) is 7.12. The summed E-state index contributed by atoms with van der Waals surface area (Å²) in [5.74, 6) is -0.627. The lowest BCUT2D eigenvalue weighted by Gasteiger charge is -2.27. The van der Waals surface area contributed by atoms with Crippen molar-refractivity contribution in [2.75, 3.05) is 45.3 Å². The fraction of sp³-hybridized carbons (Fsp3) is 0.467. The summed E-state index contributed by atoms with van der Waals surface area (Å²) in [4.78, 5) is 24.8. The molecule has 1 heterocycles. The largest absolute Gasteiger partial charge is 0.376 e. The second-order valence-corrected chi connectivity index (χ2v) is 5.25. The molecule has 1 aliphatic heterocycles. The maximum Gasteiger partial charge on any atom is 0.248 e. The molecule has 1 atom stereocenters. The second kappa shape index (κ2) is 7.88. The van der Waals surface area contributed by atoms with Gasteiger partial charge in [-0.15, -0.1) is 0 Å². The van der Waals surface area contributed by atoms with E-state index in [4.69, 9.17) is 15.2 Å². The number of amides is 2. The average molecular weight is 307 g/mol. The van der Waals surface area contributed by atoms with Gasteiger partial charge in [-0.05, 0) is 31.3 Å². The van der Waals surface area contributed by atoms with Crippen LogP contribution >= 0.6 is 0 Å². The van der Waals surface area contributed by atoms with Crippen LogP contribution in [0, 0.1) is 0 Å². The summed E-state index contributed by atoms with van der Waals surface area (Å²) in [6, 6.07) is 6.45. The SMILES string of the molecule is CN(CC(=O)Nc1ccc(C(N)=O)cc1)CC1COCCO1. The highest BCUT2D eigenvalue weighted by atomic mass is 16.6. The molecule has 0 saturated carbocycles. The lowest BCUT2D eigenvalue weighted by molar-refractivity contribution is -0.119. The van der Waals surface area contributed by atoms with Crippen molar-refractivity contribution in [2.45, 2.75) is 6.10 Å². The van der Waals surface area contributed by atoms with Gasteiger partial charge in [0, 0.05) is 17.8 Å². The molecule has 1 aromatic rings. The van der Waals surface area contributed by atoms with Gasteiger partial charge in [0.1, 0.15) is 0 Å². The minimum atomic E-state index is -0.493. The van der Waals surface area contributed by atoms with Crippen molar-refractivity contribution in [3.63, 3.8) is 0 Å². The van der Waals surface area contributed by atoms with Crippen molar-refractivity contribution in [1.29, 1.82) is 0 Å². The topological polar surface area (TPSA) is 93.9 Å². The van der Waals surface area contributed by atoms with Gasteiger partial charge in [0.2, 0.25) is 11.8 Å². The molecule has 1 fully saturated rings. The molecule has 0 bridgehead atoms. The predicted octanol–water partition coefficient (Wildman–Crippen LogP) is 0.0712. The minimum absolute atomic E-state index is 0.00130. The number of nitrogens with zero attached hydrogens (tertiary/aromatic N) is 1. The Labute approximate surface area is 129 Å². The van der Waals surface area contributed by atoms with Crippen LogP contribution in [0.2, 0.25) is 0 Å². The zero-order valence-corrected chi connectivity index (χ0v) is 12.6. The van der Waals surface area contributed by atoms with Gasteiger partial charge in [0.05, 0.1) is 32.5 Å². The number of primary amides is 1. The van der Waals surface area contributed by atoms with E-state index >= 15 is 0 Å². The Morgan fingerprint density at radius 1 is 1.32 bits per heavy atom. The first kappa shape index (κ1) is 16.4. The molecule has 2 rings (SSSR count). The fourth-order valence-electron chi connectivity index (χ4n) is 2.22. The monoisotopic (exact) mass is 307 g/mol. The van der Waals surface area contributed by atoms with Crippen LogP contribution in [0.15, 0.2) is 24.3 Å². The van der Waals surface area contributed by atoms with Crippen molar-refractivity contribution < 1.29 is 19.1 Å². The lowest BCUT2D eigenvalue weighted by Crippen LogP contribution is -2.41. The molecule has 1 unspecified atom stereocenters. The normalized spacial score (nSPS) is 18.2. The van der Waals surface area contributed by atoms with E-state index < -0.39 is 5.91 Å². The van der Waals surface area contributed by atoms with Crippen LogP contribution in [0.25, 0.3) is 0 Å². The first-order valence-corrected chi connectivity index (χ1v) is 7.12. The van der Waals surface area contributed by atoms with Crippen molar-refractivity contribution in [2.24, 2.45) is 5.73 Å². The molecule has 2 amide bonds. The van der Waals surface area contributed by atoms with Crippen LogP contribution in [0.3, 0.4) is 0 Å². The number of nitrogens with two attached hydrogens (primary N) is 1. The fourth-order valence-corrected chi connectivity index (χ4v) is 2.22. The van der Waals surface area contributed by atoms with E-state index in [2.05, 4.69) is 5.32 Å². The molecule has 0 radical (unpaired) electrons. The third-order valence-electron chi connectivity index (χ3n) is 3.27. The first-order chi connectivity index (χ1) is 10.5. The Bertz CT molecular complexity index is 512. The third-order valence-corrected chi connectivity index (χ3v) is 3.27. The van der Waals surface area contributed by atoms with E-state index in [0.717, 1.165) is 0 Å². The second-order valence-electron chi connectivity index (χ2n) is 5.25. The van der Waals surface area contributed by atoms with Crippen LogP contribution in [-0.2, 0) is 14.3 Å². The minimum Gasteiger partial charge on any atom is -0.376 e. The van der Waals surface area contributed by atoms with Gasteiger partial charge >= 0.3 is 0 Å². The number of ether oxygens (including phenoxy) is 2. The predicted molar refractivity (Wildman–Crippen MR) is 81.6 cm³/mol. The molecule has 3 N–H and O–H groups in total. The summed E-state index contributed by atoms with van der Waals surface area (Å²) < 4.78 is 10.9. The molecular formula is C15H21N3O4. The Hall–Kier alpha value is -1.96. The summed E-state index contributed by atoms with van der Waals surface area (Å²) in [5, 5.41) is 2.77. The Morgan fingerprint density at radius 3 is 2.64 bits per heavy atom. The number of carbonyl (C=O) groups is 2. The Kier molecular flexibility index (Phi) is 5.88. The number of benzene rings is 1. The third kappa shape index (κ3) is 5.10. The number of rotatable bonds is 6. The summed E-state index contributed by atoms with van der Waals surface area (Å²) in [7, 11) is 1.85. The maximum atomic E-state index is 12.0. The van der Waals surface area contributed by atoms with Crippen LogP contribution in [0.1, 0.15) is 10.4 Å². The Morgan fingerprint density at radius 2 is 2.05 bits per heavy atom. The average Bonchev–Trinajstić information content (AvgIpc) is 2.48. The van der Waals surface area contributed by atoms with Crippen molar-refractivity contribution in [1.82, 2.24) is 4.90 Å². The molecule has 1 saturated heterocycles.